The highest BCUT2D eigenvalue weighted by molar-refractivity contribution is 7.13. The molecule has 0 aliphatic carbocycles. The van der Waals surface area contributed by atoms with Gasteiger partial charge in [0.05, 0.1) is 29.7 Å². The van der Waals surface area contributed by atoms with Gasteiger partial charge in [0.2, 0.25) is 0 Å². The van der Waals surface area contributed by atoms with Crippen LogP contribution in [0.4, 0.5) is 13.2 Å². The van der Waals surface area contributed by atoms with Crippen molar-refractivity contribution < 1.29 is 22.7 Å². The van der Waals surface area contributed by atoms with Gasteiger partial charge in [-0.25, -0.2) is 18.2 Å². The van der Waals surface area contributed by atoms with E-state index in [0.29, 0.717) is 18.5 Å². The van der Waals surface area contributed by atoms with Crippen LogP contribution in [0.3, 0.4) is 0 Å². The Morgan fingerprint density at radius 2 is 2.06 bits per heavy atom. The molecule has 7 nitrogen and oxygen atoms in total. The first-order valence-electron chi connectivity index (χ1n) is 9.50. The summed E-state index contributed by atoms with van der Waals surface area (Å²) in [7, 11) is 1.59. The van der Waals surface area contributed by atoms with Crippen molar-refractivity contribution in [3.05, 3.63) is 52.3 Å². The molecule has 1 unspecified atom stereocenters. The Morgan fingerprint density at radius 3 is 2.71 bits per heavy atom. The van der Waals surface area contributed by atoms with E-state index in [1.54, 1.807) is 7.05 Å². The van der Waals surface area contributed by atoms with Crippen molar-refractivity contribution in [3.8, 4) is 10.6 Å². The first-order chi connectivity index (χ1) is 14.8. The van der Waals surface area contributed by atoms with E-state index in [1.165, 1.54) is 11.4 Å². The normalized spacial score (nSPS) is 22.3. The lowest BCUT2D eigenvalue weighted by molar-refractivity contribution is 0.0454. The summed E-state index contributed by atoms with van der Waals surface area (Å²) in [6.07, 6.45) is -0.187. The van der Waals surface area contributed by atoms with Crippen molar-refractivity contribution in [2.75, 3.05) is 13.7 Å². The average molecular weight is 453 g/mol. The third-order valence-corrected chi connectivity index (χ3v) is 5.73. The van der Waals surface area contributed by atoms with E-state index >= 15 is 0 Å². The third-order valence-electron chi connectivity index (χ3n) is 4.87. The first kappa shape index (κ1) is 22.9. The standard InChI is InChI=1S/C20H22F3N5O2S/c1-26-18(16-6-5-13(25)12(23)8-30-16)14(7-24)27-19(29)15-9-31-20(28-15)17-10(21)3-2-4-11(17)22/h2-4,7,9,12-13,16,24,26H,5-6,8,25H2,1H3,(H,27,29)/b18-14+,24-7?/t12-,13-,16?/m1/s1. The number of carbonyl (C=O) groups excluding carboxylic acids is 1. The van der Waals surface area contributed by atoms with Crippen molar-refractivity contribution in [2.45, 2.75) is 31.2 Å². The topological polar surface area (TPSA) is 113 Å². The molecular weight excluding hydrogens is 431 g/mol. The van der Waals surface area contributed by atoms with Gasteiger partial charge < -0.3 is 26.5 Å². The summed E-state index contributed by atoms with van der Waals surface area (Å²) in [5.74, 6) is -2.23. The second-order valence-electron chi connectivity index (χ2n) is 6.89. The lowest BCUT2D eigenvalue weighted by Crippen LogP contribution is -2.33. The maximum atomic E-state index is 14.0. The summed E-state index contributed by atoms with van der Waals surface area (Å²) in [6, 6.07) is 2.81. The Balaban J connectivity index is 1.82. The largest absolute Gasteiger partial charge is 0.388 e. The van der Waals surface area contributed by atoms with Crippen molar-refractivity contribution in [3.63, 3.8) is 0 Å². The fourth-order valence-corrected chi connectivity index (χ4v) is 4.05. The lowest BCUT2D eigenvalue weighted by atomic mass is 10.0. The number of allylic oxidation sites excluding steroid dienone is 1. The van der Waals surface area contributed by atoms with Crippen LogP contribution in [-0.2, 0) is 4.74 Å². The predicted molar refractivity (Wildman–Crippen MR) is 112 cm³/mol. The molecule has 0 saturated carbocycles. The van der Waals surface area contributed by atoms with E-state index in [2.05, 4.69) is 15.6 Å². The molecule has 1 fully saturated rings. The number of nitrogens with one attached hydrogen (secondary N) is 3. The zero-order valence-corrected chi connectivity index (χ0v) is 17.4. The molecule has 0 radical (unpaired) electrons. The Labute approximate surface area is 181 Å². The van der Waals surface area contributed by atoms with E-state index in [4.69, 9.17) is 15.9 Å². The Hall–Kier alpha value is -2.76. The van der Waals surface area contributed by atoms with Gasteiger partial charge in [-0.3, -0.25) is 4.79 Å². The second-order valence-corrected chi connectivity index (χ2v) is 7.75. The lowest BCUT2D eigenvalue weighted by Gasteiger charge is -2.21. The Kier molecular flexibility index (Phi) is 7.42. The van der Waals surface area contributed by atoms with Crippen LogP contribution in [0.5, 0.6) is 0 Å². The highest BCUT2D eigenvalue weighted by Gasteiger charge is 2.28. The van der Waals surface area contributed by atoms with Crippen molar-refractivity contribution >= 4 is 23.5 Å². The molecule has 1 aliphatic heterocycles. The number of hydrogen-bond acceptors (Lipinski definition) is 7. The number of hydrogen-bond donors (Lipinski definition) is 4. The number of aromatic nitrogens is 1. The maximum absolute atomic E-state index is 14.0. The highest BCUT2D eigenvalue weighted by atomic mass is 32.1. The van der Waals surface area contributed by atoms with Gasteiger partial charge in [0, 0.05) is 24.7 Å². The predicted octanol–water partition coefficient (Wildman–Crippen LogP) is 2.74. The average Bonchev–Trinajstić information content (AvgIpc) is 3.17. The molecule has 1 amide bonds. The summed E-state index contributed by atoms with van der Waals surface area (Å²) in [5, 5.41) is 14.5. The molecule has 0 spiro atoms. The van der Waals surface area contributed by atoms with Crippen LogP contribution in [0.2, 0.25) is 0 Å². The number of halogens is 3. The molecule has 1 aromatic carbocycles. The quantitative estimate of drug-likeness (QED) is 0.503. The number of amides is 1. The van der Waals surface area contributed by atoms with Gasteiger partial charge >= 0.3 is 0 Å². The van der Waals surface area contributed by atoms with Gasteiger partial charge in [-0.1, -0.05) is 6.07 Å². The van der Waals surface area contributed by atoms with E-state index in [0.717, 1.165) is 29.7 Å². The minimum Gasteiger partial charge on any atom is -0.388 e. The fraction of sp³-hybridized carbons (Fsp3) is 0.350. The summed E-state index contributed by atoms with van der Waals surface area (Å²) in [5.41, 5.74) is 5.87. The Bertz CT molecular complexity index is 965. The molecule has 3 atom stereocenters. The molecule has 1 aromatic heterocycles. The molecule has 0 bridgehead atoms. The van der Waals surface area contributed by atoms with Crippen LogP contribution in [0.1, 0.15) is 23.3 Å². The maximum Gasteiger partial charge on any atom is 0.275 e. The van der Waals surface area contributed by atoms with Crippen molar-refractivity contribution in [1.82, 2.24) is 15.6 Å². The van der Waals surface area contributed by atoms with Gasteiger partial charge in [-0.05, 0) is 25.0 Å². The number of alkyl halides is 1. The zero-order valence-electron chi connectivity index (χ0n) is 16.6. The molecule has 5 N–H and O–H groups in total. The van der Waals surface area contributed by atoms with Crippen LogP contribution in [0.25, 0.3) is 10.6 Å². The summed E-state index contributed by atoms with van der Waals surface area (Å²) < 4.78 is 47.4. The molecule has 11 heteroatoms. The number of carbonyl (C=O) groups is 1. The monoisotopic (exact) mass is 453 g/mol. The molecule has 1 saturated heterocycles. The summed E-state index contributed by atoms with van der Waals surface area (Å²) in [4.78, 5) is 16.7. The zero-order chi connectivity index (χ0) is 22.5. The van der Waals surface area contributed by atoms with Gasteiger partial charge in [-0.15, -0.1) is 11.3 Å². The molecular formula is C20H22F3N5O2S. The van der Waals surface area contributed by atoms with E-state index in [1.807, 2.05) is 0 Å². The number of benzene rings is 1. The summed E-state index contributed by atoms with van der Waals surface area (Å²) >= 11 is 0.918. The number of rotatable bonds is 6. The molecule has 2 heterocycles. The molecule has 3 rings (SSSR count). The van der Waals surface area contributed by atoms with Gasteiger partial charge in [-0.2, -0.15) is 0 Å². The second kappa shape index (κ2) is 10.0. The van der Waals surface area contributed by atoms with Crippen molar-refractivity contribution in [1.29, 1.82) is 5.41 Å². The van der Waals surface area contributed by atoms with Crippen LogP contribution in [0, 0.1) is 17.0 Å². The van der Waals surface area contributed by atoms with Crippen LogP contribution in [-0.4, -0.2) is 49.1 Å². The number of nitrogens with two attached hydrogens (primary N) is 1. The van der Waals surface area contributed by atoms with Crippen LogP contribution in [0.15, 0.2) is 35.0 Å². The highest BCUT2D eigenvalue weighted by Crippen LogP contribution is 2.29. The molecule has 166 valence electrons. The number of nitrogens with zero attached hydrogens (tertiary/aromatic N) is 1. The van der Waals surface area contributed by atoms with E-state index in [9.17, 15) is 18.0 Å². The molecule has 2 aromatic rings. The van der Waals surface area contributed by atoms with E-state index in [-0.39, 0.29) is 28.6 Å². The SMILES string of the molecule is CN/C(=C(\C=N)NC(=O)c1csc(-c2c(F)cccc2F)n1)C1CC[C@@H](N)[C@H](F)CO1. The summed E-state index contributed by atoms with van der Waals surface area (Å²) in [6.45, 7) is -0.195. The number of ether oxygens (including phenoxy) is 1. The number of likely N-dealkylation sites (N-methyl/N-ethyl adjacent to an activating group) is 1. The Morgan fingerprint density at radius 1 is 1.35 bits per heavy atom. The van der Waals surface area contributed by atoms with Crippen LogP contribution < -0.4 is 16.4 Å². The first-order valence-corrected chi connectivity index (χ1v) is 10.4. The minimum absolute atomic E-state index is 0.0186. The van der Waals surface area contributed by atoms with Crippen LogP contribution >= 0.6 is 11.3 Å². The van der Waals surface area contributed by atoms with E-state index < -0.39 is 35.9 Å². The third kappa shape index (κ3) is 5.12. The molecule has 1 aliphatic rings. The smallest absolute Gasteiger partial charge is 0.275 e. The van der Waals surface area contributed by atoms with Gasteiger partial charge in [0.15, 0.2) is 0 Å². The molecule has 31 heavy (non-hydrogen) atoms. The van der Waals surface area contributed by atoms with Gasteiger partial charge in [0.1, 0.15) is 28.5 Å². The number of thiazole rings is 1. The minimum atomic E-state index is -1.30. The van der Waals surface area contributed by atoms with Crippen molar-refractivity contribution in [2.24, 2.45) is 5.73 Å². The fourth-order valence-electron chi connectivity index (χ4n) is 3.20. The van der Waals surface area contributed by atoms with Gasteiger partial charge in [0.25, 0.3) is 5.91 Å².